The summed E-state index contributed by atoms with van der Waals surface area (Å²) in [5.41, 5.74) is 6.35. The van der Waals surface area contributed by atoms with Crippen molar-refractivity contribution in [2.75, 3.05) is 18.5 Å². The van der Waals surface area contributed by atoms with E-state index >= 15 is 0 Å². The van der Waals surface area contributed by atoms with E-state index in [1.165, 1.54) is 6.07 Å². The van der Waals surface area contributed by atoms with Crippen LogP contribution in [-0.2, 0) is 11.2 Å². The number of rotatable bonds is 7. The van der Waals surface area contributed by atoms with E-state index in [0.29, 0.717) is 13.2 Å². The summed E-state index contributed by atoms with van der Waals surface area (Å²) in [6, 6.07) is 4.74. The summed E-state index contributed by atoms with van der Waals surface area (Å²) in [5, 5.41) is 1.82. The van der Waals surface area contributed by atoms with Gasteiger partial charge in [0, 0.05) is 0 Å². The smallest absolute Gasteiger partial charge is 0.471 e. The van der Waals surface area contributed by atoms with Crippen LogP contribution in [0.2, 0.25) is 0 Å². The molecule has 0 aromatic heterocycles. The molecule has 0 saturated carbocycles. The monoisotopic (exact) mass is 304 g/mol. The van der Waals surface area contributed by atoms with Crippen LogP contribution in [0.4, 0.5) is 18.9 Å². The number of nitrogens with one attached hydrogen (secondary N) is 1. The molecule has 1 amide bonds. The van der Waals surface area contributed by atoms with Gasteiger partial charge < -0.3 is 15.8 Å². The molecule has 7 heteroatoms. The Labute approximate surface area is 121 Å². The van der Waals surface area contributed by atoms with E-state index in [4.69, 9.17) is 10.5 Å². The first-order chi connectivity index (χ1) is 9.88. The number of halogens is 3. The molecule has 1 aromatic carbocycles. The minimum Gasteiger partial charge on any atom is -0.492 e. The van der Waals surface area contributed by atoms with Crippen molar-refractivity contribution < 1.29 is 22.7 Å². The van der Waals surface area contributed by atoms with E-state index in [1.807, 2.05) is 5.32 Å². The highest BCUT2D eigenvalue weighted by Gasteiger charge is 2.39. The van der Waals surface area contributed by atoms with Gasteiger partial charge in [-0.2, -0.15) is 13.2 Å². The Morgan fingerprint density at radius 2 is 2.05 bits per heavy atom. The first-order valence-electron chi connectivity index (χ1n) is 6.72. The highest BCUT2D eigenvalue weighted by Crippen LogP contribution is 2.28. The van der Waals surface area contributed by atoms with E-state index in [2.05, 4.69) is 0 Å². The molecule has 4 nitrogen and oxygen atoms in total. The first-order valence-corrected chi connectivity index (χ1v) is 6.72. The van der Waals surface area contributed by atoms with Gasteiger partial charge in [0.2, 0.25) is 0 Å². The van der Waals surface area contributed by atoms with Crippen molar-refractivity contribution in [2.24, 2.45) is 5.73 Å². The quantitative estimate of drug-likeness (QED) is 0.761. The summed E-state index contributed by atoms with van der Waals surface area (Å²) in [6.45, 7) is 2.61. The third kappa shape index (κ3) is 5.63. The Morgan fingerprint density at radius 1 is 1.33 bits per heavy atom. The number of nitrogens with two attached hydrogens (primary N) is 1. The van der Waals surface area contributed by atoms with Gasteiger partial charge in [-0.25, -0.2) is 0 Å². The van der Waals surface area contributed by atoms with Crippen LogP contribution in [0.25, 0.3) is 0 Å². The van der Waals surface area contributed by atoms with E-state index in [1.54, 1.807) is 19.1 Å². The molecule has 0 spiro atoms. The molecule has 0 bridgehead atoms. The molecule has 0 radical (unpaired) electrons. The number of ether oxygens (including phenoxy) is 1. The van der Waals surface area contributed by atoms with Crippen molar-refractivity contribution >= 4 is 11.6 Å². The lowest BCUT2D eigenvalue weighted by Crippen LogP contribution is -2.30. The lowest BCUT2D eigenvalue weighted by Gasteiger charge is -2.14. The third-order valence-corrected chi connectivity index (χ3v) is 2.77. The number of unbranched alkanes of at least 4 members (excludes halogenated alkanes) is 1. The van der Waals surface area contributed by atoms with Gasteiger partial charge in [0.05, 0.1) is 12.3 Å². The number of benzene rings is 1. The zero-order valence-electron chi connectivity index (χ0n) is 11.8. The zero-order valence-corrected chi connectivity index (χ0v) is 11.8. The number of aryl methyl sites for hydroxylation is 1. The predicted octanol–water partition coefficient (Wildman–Crippen LogP) is 2.87. The molecule has 118 valence electrons. The van der Waals surface area contributed by atoms with Crippen LogP contribution in [0, 0.1) is 0 Å². The molecule has 0 aliphatic carbocycles. The average Bonchev–Trinajstić information content (AvgIpc) is 2.41. The first kappa shape index (κ1) is 17.3. The van der Waals surface area contributed by atoms with Crippen molar-refractivity contribution in [3.8, 4) is 5.75 Å². The Morgan fingerprint density at radius 3 is 2.62 bits per heavy atom. The summed E-state index contributed by atoms with van der Waals surface area (Å²) in [4.78, 5) is 11.0. The standard InChI is InChI=1S/C14H19F3N2O2/c1-2-21-12-9-10(5-3-4-8-18)6-7-11(12)19-13(20)14(15,16)17/h6-7,9H,2-5,8,18H2,1H3,(H,19,20). The van der Waals surface area contributed by atoms with Gasteiger partial charge in [-0.05, 0) is 50.4 Å². The number of carbonyl (C=O) groups is 1. The Hall–Kier alpha value is -1.76. The highest BCUT2D eigenvalue weighted by molar-refractivity contribution is 5.96. The second-order valence-electron chi connectivity index (χ2n) is 4.46. The van der Waals surface area contributed by atoms with Crippen molar-refractivity contribution in [3.63, 3.8) is 0 Å². The van der Waals surface area contributed by atoms with Crippen LogP contribution in [0.3, 0.4) is 0 Å². The molecular weight excluding hydrogens is 285 g/mol. The fourth-order valence-electron chi connectivity index (χ4n) is 1.77. The van der Waals surface area contributed by atoms with E-state index in [0.717, 1.165) is 24.8 Å². The largest absolute Gasteiger partial charge is 0.492 e. The second kappa shape index (κ2) is 7.87. The van der Waals surface area contributed by atoms with Gasteiger partial charge >= 0.3 is 12.1 Å². The molecule has 0 aliphatic rings. The highest BCUT2D eigenvalue weighted by atomic mass is 19.4. The zero-order chi connectivity index (χ0) is 15.9. The van der Waals surface area contributed by atoms with E-state index in [9.17, 15) is 18.0 Å². The molecule has 0 aliphatic heterocycles. The van der Waals surface area contributed by atoms with E-state index < -0.39 is 12.1 Å². The summed E-state index contributed by atoms with van der Waals surface area (Å²) >= 11 is 0. The third-order valence-electron chi connectivity index (χ3n) is 2.77. The average molecular weight is 304 g/mol. The van der Waals surface area contributed by atoms with Crippen molar-refractivity contribution in [1.29, 1.82) is 0 Å². The number of alkyl halides is 3. The molecule has 0 heterocycles. The van der Waals surface area contributed by atoms with Gasteiger partial charge in [0.15, 0.2) is 0 Å². The SMILES string of the molecule is CCOc1cc(CCCCN)ccc1NC(=O)C(F)(F)F. The summed E-state index contributed by atoms with van der Waals surface area (Å²) in [6.07, 6.45) is -2.42. The number of amides is 1. The van der Waals surface area contributed by atoms with Crippen LogP contribution in [-0.4, -0.2) is 25.2 Å². The Kier molecular flexibility index (Phi) is 6.48. The lowest BCUT2D eigenvalue weighted by atomic mass is 10.1. The van der Waals surface area contributed by atoms with Gasteiger partial charge in [-0.1, -0.05) is 6.07 Å². The van der Waals surface area contributed by atoms with Gasteiger partial charge in [-0.3, -0.25) is 4.79 Å². The van der Waals surface area contributed by atoms with E-state index in [-0.39, 0.29) is 11.4 Å². The van der Waals surface area contributed by atoms with Gasteiger partial charge in [0.25, 0.3) is 0 Å². The second-order valence-corrected chi connectivity index (χ2v) is 4.46. The normalized spacial score (nSPS) is 11.3. The number of hydrogen-bond donors (Lipinski definition) is 2. The lowest BCUT2D eigenvalue weighted by molar-refractivity contribution is -0.167. The van der Waals surface area contributed by atoms with Crippen LogP contribution in [0.15, 0.2) is 18.2 Å². The minimum absolute atomic E-state index is 0.0155. The number of anilines is 1. The summed E-state index contributed by atoms with van der Waals surface area (Å²) < 4.78 is 42.1. The molecule has 0 saturated heterocycles. The maximum absolute atomic E-state index is 12.3. The molecule has 3 N–H and O–H groups in total. The molecule has 0 atom stereocenters. The van der Waals surface area contributed by atoms with Crippen LogP contribution in [0.1, 0.15) is 25.3 Å². The number of carbonyl (C=O) groups excluding carboxylic acids is 1. The van der Waals surface area contributed by atoms with Crippen molar-refractivity contribution in [3.05, 3.63) is 23.8 Å². The molecule has 1 rings (SSSR count). The van der Waals surface area contributed by atoms with Gasteiger partial charge in [-0.15, -0.1) is 0 Å². The Bertz CT molecular complexity index is 476. The maximum Gasteiger partial charge on any atom is 0.471 e. The fourth-order valence-corrected chi connectivity index (χ4v) is 1.77. The fraction of sp³-hybridized carbons (Fsp3) is 0.500. The predicted molar refractivity (Wildman–Crippen MR) is 74.3 cm³/mol. The molecule has 21 heavy (non-hydrogen) atoms. The minimum atomic E-state index is -4.93. The van der Waals surface area contributed by atoms with Crippen LogP contribution < -0.4 is 15.8 Å². The van der Waals surface area contributed by atoms with Crippen molar-refractivity contribution in [2.45, 2.75) is 32.4 Å². The van der Waals surface area contributed by atoms with Gasteiger partial charge in [0.1, 0.15) is 5.75 Å². The van der Waals surface area contributed by atoms with Crippen molar-refractivity contribution in [1.82, 2.24) is 0 Å². The molecule has 1 aromatic rings. The maximum atomic E-state index is 12.3. The summed E-state index contributed by atoms with van der Waals surface area (Å²) in [5.74, 6) is -1.78. The van der Waals surface area contributed by atoms with Crippen LogP contribution >= 0.6 is 0 Å². The molecule has 0 fully saturated rings. The van der Waals surface area contributed by atoms with Crippen LogP contribution in [0.5, 0.6) is 5.75 Å². The number of hydrogen-bond acceptors (Lipinski definition) is 3. The topological polar surface area (TPSA) is 64.3 Å². The summed E-state index contributed by atoms with van der Waals surface area (Å²) in [7, 11) is 0. The molecule has 0 unspecified atom stereocenters. The molecular formula is C14H19F3N2O2. The Balaban J connectivity index is 2.86.